The molecule has 0 amide bonds. The van der Waals surface area contributed by atoms with E-state index in [1.165, 1.54) is 0 Å². The Balaban J connectivity index is 0.939. The second-order valence-electron chi connectivity index (χ2n) is 59.0. The summed E-state index contributed by atoms with van der Waals surface area (Å²) in [5.41, 5.74) is 10.7. The van der Waals surface area contributed by atoms with Crippen molar-refractivity contribution in [1.29, 1.82) is 0 Å². The lowest BCUT2D eigenvalue weighted by Crippen LogP contribution is -2.64. The zero-order valence-electron chi connectivity index (χ0n) is 96.1. The number of nitrogens with zero attached hydrogens (tertiary/aromatic N) is 12. The number of piperidine rings is 10. The van der Waals surface area contributed by atoms with E-state index in [1.807, 2.05) is 0 Å². The molecule has 14 N–H and O–H groups in total. The van der Waals surface area contributed by atoms with Gasteiger partial charge in [-0.25, -0.2) is 41.1 Å². The molecule has 0 unspecified atom stereocenters. The molecule has 0 aliphatic carbocycles. The van der Waals surface area contributed by atoms with Gasteiger partial charge in [-0.05, 0) is 354 Å². The predicted octanol–water partition coefficient (Wildman–Crippen LogP) is 15.0. The van der Waals surface area contributed by atoms with Crippen LogP contribution in [-0.4, -0.2) is 275 Å². The first-order valence-corrected chi connectivity index (χ1v) is 54.4. The Hall–Kier alpha value is -6.12. The van der Waals surface area contributed by atoms with Crippen molar-refractivity contribution in [3.05, 3.63) is 47.6 Å². The van der Waals surface area contributed by atoms with Gasteiger partial charge in [-0.3, -0.25) is 0 Å². The molecule has 0 atom stereocenters. The smallest absolute Gasteiger partial charge is 0.239 e. The highest BCUT2D eigenvalue weighted by Crippen LogP contribution is 2.44. The SMILES string of the molecule is CC1(C)CC(OC2=NN(OC3CC(C)(C)NC(C)(C)C3)NC(N(CCN(CCN(C3=CC(OC4CC(C)(C)NC(C)(C)C4)=NN(OC4CC(C)(C)NC(C)(C)C4)N3)C3CC(C)(C)NC(C)(C)C3)C3=CC(OC4CC(C)(C)NC(C)(C)C4)=NN(OC4CC(C)(C)NC(C)(C)C4)N3)CCN(C3=CC(OC4CC(C)(C)NC(C)(C)C4)=NN(OC4CC(C)(C)NC(C)(C)C4)N3)C3CC(C)(C)NC(C)(C)C3)=C2)CC(C)(C)N1. The van der Waals surface area contributed by atoms with Crippen LogP contribution in [0.4, 0.5) is 0 Å². The second-order valence-corrected chi connectivity index (χ2v) is 59.0. The molecule has 34 heteroatoms. The topological polar surface area (TPSA) is 318 Å². The van der Waals surface area contributed by atoms with Crippen molar-refractivity contribution >= 4 is 23.6 Å². The molecule has 0 spiro atoms. The normalized spacial score (nSPS) is 29.2. The van der Waals surface area contributed by atoms with Crippen molar-refractivity contribution in [3.63, 3.8) is 0 Å². The molecule has 14 rings (SSSR count). The molecule has 10 fully saturated rings. The monoisotopic (exact) mass is 1990 g/mol. The molecule has 0 saturated carbocycles. The first kappa shape index (κ1) is 112. The van der Waals surface area contributed by atoms with Crippen molar-refractivity contribution in [3.8, 4) is 0 Å². The highest BCUT2D eigenvalue weighted by Gasteiger charge is 2.52. The maximum absolute atomic E-state index is 7.51. The van der Waals surface area contributed by atoms with Crippen LogP contribution in [0.3, 0.4) is 0 Å². The summed E-state index contributed by atoms with van der Waals surface area (Å²) < 4.78 is 29.9. The number of hydrazone groups is 4. The Bertz CT molecular complexity index is 4230. The van der Waals surface area contributed by atoms with Crippen LogP contribution in [0.1, 0.15) is 405 Å². The van der Waals surface area contributed by atoms with Crippen LogP contribution in [0, 0.1) is 0 Å². The molecular formula is C108H200N26O8. The van der Waals surface area contributed by atoms with Crippen LogP contribution in [0.15, 0.2) is 68.0 Å². The maximum Gasteiger partial charge on any atom is 0.239 e. The Kier molecular flexibility index (Phi) is 30.9. The zero-order valence-corrected chi connectivity index (χ0v) is 96.1. The van der Waals surface area contributed by atoms with Gasteiger partial charge in [0.15, 0.2) is 0 Å². The van der Waals surface area contributed by atoms with Crippen LogP contribution in [0.5, 0.6) is 0 Å². The molecule has 34 nitrogen and oxygen atoms in total. The number of rotatable bonds is 27. The summed E-state index contributed by atoms with van der Waals surface area (Å²) in [6.45, 7) is 94.4. The number of hydrazine groups is 4. The van der Waals surface area contributed by atoms with Crippen LogP contribution < -0.4 is 74.9 Å². The number of hydrogen-bond acceptors (Lipinski definition) is 34. The second kappa shape index (κ2) is 39.3. The molecule has 142 heavy (non-hydrogen) atoms. The molecule has 0 aromatic heterocycles. The van der Waals surface area contributed by atoms with Crippen molar-refractivity contribution in [2.75, 3.05) is 39.3 Å². The van der Waals surface area contributed by atoms with E-state index in [4.69, 9.17) is 58.7 Å². The fourth-order valence-electron chi connectivity index (χ4n) is 29.7. The molecule has 10 saturated heterocycles. The van der Waals surface area contributed by atoms with Gasteiger partial charge in [0.25, 0.3) is 0 Å². The third kappa shape index (κ3) is 31.7. The molecule has 810 valence electrons. The quantitative estimate of drug-likeness (QED) is 0.0363. The van der Waals surface area contributed by atoms with Gasteiger partial charge < -0.3 is 91.7 Å². The first-order valence-electron chi connectivity index (χ1n) is 54.4. The van der Waals surface area contributed by atoms with E-state index in [2.05, 4.69) is 396 Å². The summed E-state index contributed by atoms with van der Waals surface area (Å²) in [6.07, 6.45) is 22.3. The van der Waals surface area contributed by atoms with E-state index in [0.29, 0.717) is 62.9 Å². The van der Waals surface area contributed by atoms with E-state index in [1.54, 1.807) is 21.1 Å². The lowest BCUT2D eigenvalue weighted by atomic mass is 9.79. The van der Waals surface area contributed by atoms with Gasteiger partial charge in [-0.2, -0.15) is 0 Å². The van der Waals surface area contributed by atoms with E-state index >= 15 is 0 Å². The average Bonchev–Trinajstić information content (AvgIpc) is 0.773. The molecule has 14 aliphatic heterocycles. The largest absolute Gasteiger partial charge is 0.473 e. The van der Waals surface area contributed by atoms with Crippen LogP contribution in [-0.2, 0) is 38.3 Å². The van der Waals surface area contributed by atoms with Gasteiger partial charge in [0.1, 0.15) is 47.7 Å². The summed E-state index contributed by atoms with van der Waals surface area (Å²) in [6, 6.07) is -0.0741. The van der Waals surface area contributed by atoms with E-state index in [9.17, 15) is 0 Å². The third-order valence-electron chi connectivity index (χ3n) is 30.4. The molecule has 0 aromatic rings. The Labute approximate surface area is 857 Å². The number of ether oxygens (including phenoxy) is 4. The molecule has 0 bridgehead atoms. The highest BCUT2D eigenvalue weighted by molar-refractivity contribution is 5.90. The average molecular weight is 1990 g/mol. The summed E-state index contributed by atoms with van der Waals surface area (Å²) >= 11 is 0. The Morgan fingerprint density at radius 3 is 0.521 bits per heavy atom. The van der Waals surface area contributed by atoms with Crippen molar-refractivity contribution in [2.24, 2.45) is 20.4 Å². The summed E-state index contributed by atoms with van der Waals surface area (Å²) in [7, 11) is 0. The highest BCUT2D eigenvalue weighted by atomic mass is 16.8. The van der Waals surface area contributed by atoms with Crippen molar-refractivity contribution in [2.45, 2.75) is 577 Å². The van der Waals surface area contributed by atoms with Gasteiger partial charge in [-0.1, -0.05) is 41.5 Å². The Morgan fingerprint density at radius 1 is 0.204 bits per heavy atom. The molecule has 14 heterocycles. The number of nitrogens with one attached hydrogen (secondary N) is 14. The first-order chi connectivity index (χ1) is 64.6. The zero-order chi connectivity index (χ0) is 105. The van der Waals surface area contributed by atoms with Crippen LogP contribution >= 0.6 is 0 Å². The fourth-order valence-corrected chi connectivity index (χ4v) is 29.7. The van der Waals surface area contributed by atoms with Crippen LogP contribution in [0.25, 0.3) is 0 Å². The molecular weight excluding hydrogens is 1790 g/mol. The standard InChI is InChI=1S/C108H200N26O8/c1-89(2)51-71(52-90(3,4)117-89)129(83-49-87(137-75-59-97(17,18)121-98(19,20)60-75)115-133(111-83)141-79-67-105(33,34)125-106(35,36)68-79)45-43-127(81-47-85(135-73-55-93(9,10)119-94(11,12)56-73)113-131(109-81)139-77-63-101(25,26)123-102(27,28)64-77)41-42-128(82-48-86(136-74-57-95(13,14)120-96(15,16)58-74)114-132(110-82)140-78-65-103(29,30)124-104(31,32)66-78)44-46-130(72-53-91(5,6)118-92(7,8)54-72)84-50-88(138-76-61-99(21,22)122-100(23,24)62-76)116-134(112-84)142-80-69-107(37,38)126-108(39,40)70-80/h47-50,71-80,109-112,117-126H,41-46,51-70H2,1-40H3. The molecule has 14 aliphatic rings. The Morgan fingerprint density at radius 2 is 0.345 bits per heavy atom. The van der Waals surface area contributed by atoms with Gasteiger partial charge in [-0.15, -0.1) is 0 Å². The van der Waals surface area contributed by atoms with E-state index in [0.717, 1.165) is 152 Å². The van der Waals surface area contributed by atoms with Gasteiger partial charge in [0, 0.05) is 238 Å². The minimum absolute atomic E-state index is 0.0371. The summed E-state index contributed by atoms with van der Waals surface area (Å²) in [5, 5.41) is 67.7. The third-order valence-corrected chi connectivity index (χ3v) is 30.4. The van der Waals surface area contributed by atoms with Crippen LogP contribution in [0.2, 0.25) is 0 Å². The van der Waals surface area contributed by atoms with E-state index < -0.39 is 0 Å². The van der Waals surface area contributed by atoms with Gasteiger partial charge >= 0.3 is 0 Å². The van der Waals surface area contributed by atoms with Gasteiger partial charge in [0.2, 0.25) is 23.6 Å². The summed E-state index contributed by atoms with van der Waals surface area (Å²) in [5.74, 6) is 5.04. The maximum atomic E-state index is 7.51. The number of hydrogen-bond donors (Lipinski definition) is 14. The molecule has 0 aromatic carbocycles. The molecule has 0 radical (unpaired) electrons. The lowest BCUT2D eigenvalue weighted by Gasteiger charge is -2.52. The fraction of sp³-hybridized carbons (Fsp3) is 0.889. The minimum atomic E-state index is -0.289. The minimum Gasteiger partial charge on any atom is -0.473 e. The van der Waals surface area contributed by atoms with Gasteiger partial charge in [0.05, 0.1) is 24.4 Å². The summed E-state index contributed by atoms with van der Waals surface area (Å²) in [4.78, 5) is 39.7. The lowest BCUT2D eigenvalue weighted by molar-refractivity contribution is -0.246. The van der Waals surface area contributed by atoms with Crippen molar-refractivity contribution < 1.29 is 38.3 Å². The predicted molar refractivity (Wildman–Crippen MR) is 570 cm³/mol. The van der Waals surface area contributed by atoms with Crippen molar-refractivity contribution in [1.82, 2.24) is 116 Å². The van der Waals surface area contributed by atoms with E-state index in [-0.39, 0.29) is 172 Å².